The number of nitrogens with one attached hydrogen (secondary N) is 1. The first-order chi connectivity index (χ1) is 9.54. The summed E-state index contributed by atoms with van der Waals surface area (Å²) in [6, 6.07) is -0.338. The molecule has 1 aliphatic rings. The monoisotopic (exact) mass is 281 g/mol. The van der Waals surface area contributed by atoms with Crippen molar-refractivity contribution in [2.45, 2.75) is 38.3 Å². The Balaban J connectivity index is 1.91. The number of aromatic nitrogens is 3. The molecule has 1 atom stereocenters. The summed E-state index contributed by atoms with van der Waals surface area (Å²) in [5.41, 5.74) is -1.12. The van der Waals surface area contributed by atoms with Gasteiger partial charge in [0.1, 0.15) is 5.54 Å². The molecule has 8 nitrogen and oxygen atoms in total. The first kappa shape index (κ1) is 14.3. The molecule has 110 valence electrons. The SMILES string of the molecule is CC1(C(=O)O)CCCCN1C(=O)NCCn1ccnn1. The molecular weight excluding hydrogens is 262 g/mol. The van der Waals surface area contributed by atoms with Crippen molar-refractivity contribution in [2.75, 3.05) is 13.1 Å². The smallest absolute Gasteiger partial charge is 0.329 e. The number of hydrogen-bond acceptors (Lipinski definition) is 4. The van der Waals surface area contributed by atoms with E-state index in [4.69, 9.17) is 0 Å². The van der Waals surface area contributed by atoms with E-state index in [0.29, 0.717) is 26.1 Å². The minimum atomic E-state index is -1.12. The summed E-state index contributed by atoms with van der Waals surface area (Å²) in [5, 5.41) is 19.5. The normalized spacial score (nSPS) is 22.6. The average Bonchev–Trinajstić information content (AvgIpc) is 2.92. The number of rotatable bonds is 4. The van der Waals surface area contributed by atoms with Crippen LogP contribution in [-0.4, -0.2) is 55.6 Å². The number of amides is 2. The molecule has 1 fully saturated rings. The Morgan fingerprint density at radius 2 is 2.25 bits per heavy atom. The fourth-order valence-electron chi connectivity index (χ4n) is 2.39. The van der Waals surface area contributed by atoms with Crippen molar-refractivity contribution >= 4 is 12.0 Å². The van der Waals surface area contributed by atoms with E-state index in [2.05, 4.69) is 15.6 Å². The van der Waals surface area contributed by atoms with Crippen molar-refractivity contribution < 1.29 is 14.7 Å². The third-order valence-corrected chi connectivity index (χ3v) is 3.69. The summed E-state index contributed by atoms with van der Waals surface area (Å²) in [7, 11) is 0. The summed E-state index contributed by atoms with van der Waals surface area (Å²) in [5.74, 6) is -0.955. The predicted molar refractivity (Wildman–Crippen MR) is 70.0 cm³/mol. The second-order valence-electron chi connectivity index (χ2n) is 5.09. The summed E-state index contributed by atoms with van der Waals surface area (Å²) < 4.78 is 1.60. The predicted octanol–water partition coefficient (Wildman–Crippen LogP) is 0.317. The highest BCUT2D eigenvalue weighted by Crippen LogP contribution is 2.28. The van der Waals surface area contributed by atoms with Gasteiger partial charge in [0.2, 0.25) is 0 Å². The van der Waals surface area contributed by atoms with Crippen molar-refractivity contribution in [3.63, 3.8) is 0 Å². The molecule has 20 heavy (non-hydrogen) atoms. The van der Waals surface area contributed by atoms with Crippen LogP contribution in [0.2, 0.25) is 0 Å². The second-order valence-corrected chi connectivity index (χ2v) is 5.09. The van der Waals surface area contributed by atoms with Gasteiger partial charge >= 0.3 is 12.0 Å². The molecule has 1 saturated heterocycles. The lowest BCUT2D eigenvalue weighted by atomic mass is 9.89. The number of carboxylic acids is 1. The van der Waals surface area contributed by atoms with Crippen LogP contribution in [0.1, 0.15) is 26.2 Å². The fraction of sp³-hybridized carbons (Fsp3) is 0.667. The summed E-state index contributed by atoms with van der Waals surface area (Å²) in [4.78, 5) is 25.0. The first-order valence-corrected chi connectivity index (χ1v) is 6.67. The molecule has 2 rings (SSSR count). The van der Waals surface area contributed by atoms with Crippen LogP contribution in [-0.2, 0) is 11.3 Å². The van der Waals surface area contributed by atoms with E-state index in [1.807, 2.05) is 0 Å². The molecular formula is C12H19N5O3. The molecule has 1 aromatic rings. The molecule has 0 aliphatic carbocycles. The highest BCUT2D eigenvalue weighted by Gasteiger charge is 2.43. The zero-order chi connectivity index (χ0) is 14.6. The van der Waals surface area contributed by atoms with Crippen LogP contribution in [0, 0.1) is 0 Å². The maximum Gasteiger partial charge on any atom is 0.329 e. The van der Waals surface area contributed by atoms with Crippen molar-refractivity contribution in [3.05, 3.63) is 12.4 Å². The Morgan fingerprint density at radius 1 is 1.45 bits per heavy atom. The van der Waals surface area contributed by atoms with E-state index in [1.54, 1.807) is 24.0 Å². The Morgan fingerprint density at radius 3 is 2.90 bits per heavy atom. The van der Waals surface area contributed by atoms with Gasteiger partial charge in [-0.2, -0.15) is 0 Å². The molecule has 0 radical (unpaired) electrons. The molecule has 1 aliphatic heterocycles. The van der Waals surface area contributed by atoms with E-state index in [0.717, 1.165) is 12.8 Å². The minimum absolute atomic E-state index is 0.338. The van der Waals surface area contributed by atoms with Crippen LogP contribution in [0.25, 0.3) is 0 Å². The van der Waals surface area contributed by atoms with Gasteiger partial charge in [-0.1, -0.05) is 5.21 Å². The number of carbonyl (C=O) groups excluding carboxylic acids is 1. The summed E-state index contributed by atoms with van der Waals surface area (Å²) in [6.45, 7) is 2.96. The van der Waals surface area contributed by atoms with Crippen LogP contribution < -0.4 is 5.32 Å². The Labute approximate surface area is 116 Å². The first-order valence-electron chi connectivity index (χ1n) is 6.67. The Kier molecular flexibility index (Phi) is 4.21. The maximum absolute atomic E-state index is 12.2. The number of likely N-dealkylation sites (tertiary alicyclic amines) is 1. The zero-order valence-electron chi connectivity index (χ0n) is 11.4. The largest absolute Gasteiger partial charge is 0.480 e. The number of carbonyl (C=O) groups is 2. The van der Waals surface area contributed by atoms with E-state index in [-0.39, 0.29) is 6.03 Å². The molecule has 0 saturated carbocycles. The molecule has 0 bridgehead atoms. The number of piperidine rings is 1. The molecule has 1 aromatic heterocycles. The van der Waals surface area contributed by atoms with Crippen molar-refractivity contribution in [2.24, 2.45) is 0 Å². The number of urea groups is 1. The van der Waals surface area contributed by atoms with E-state index in [1.165, 1.54) is 4.90 Å². The van der Waals surface area contributed by atoms with E-state index < -0.39 is 11.5 Å². The van der Waals surface area contributed by atoms with Gasteiger partial charge in [0.25, 0.3) is 0 Å². The number of carboxylic acid groups (broad SMARTS) is 1. The lowest BCUT2D eigenvalue weighted by Gasteiger charge is -2.41. The lowest BCUT2D eigenvalue weighted by molar-refractivity contribution is -0.150. The third kappa shape index (κ3) is 2.89. The van der Waals surface area contributed by atoms with Gasteiger partial charge in [-0.25, -0.2) is 9.59 Å². The van der Waals surface area contributed by atoms with Gasteiger partial charge in [0.15, 0.2) is 0 Å². The number of nitrogens with zero attached hydrogens (tertiary/aromatic N) is 4. The number of hydrogen-bond donors (Lipinski definition) is 2. The van der Waals surface area contributed by atoms with Crippen LogP contribution in [0.15, 0.2) is 12.4 Å². The highest BCUT2D eigenvalue weighted by atomic mass is 16.4. The van der Waals surface area contributed by atoms with Gasteiger partial charge in [-0.3, -0.25) is 4.68 Å². The van der Waals surface area contributed by atoms with Crippen LogP contribution in [0.3, 0.4) is 0 Å². The minimum Gasteiger partial charge on any atom is -0.480 e. The summed E-state index contributed by atoms with van der Waals surface area (Å²) >= 11 is 0. The second kappa shape index (κ2) is 5.89. The third-order valence-electron chi connectivity index (χ3n) is 3.69. The number of aliphatic carboxylic acids is 1. The molecule has 2 amide bonds. The van der Waals surface area contributed by atoms with E-state index in [9.17, 15) is 14.7 Å². The molecule has 2 N–H and O–H groups in total. The average molecular weight is 281 g/mol. The van der Waals surface area contributed by atoms with Crippen LogP contribution in [0.5, 0.6) is 0 Å². The van der Waals surface area contributed by atoms with Gasteiger partial charge in [-0.15, -0.1) is 5.10 Å². The van der Waals surface area contributed by atoms with Crippen molar-refractivity contribution in [1.29, 1.82) is 0 Å². The van der Waals surface area contributed by atoms with Crippen molar-refractivity contribution in [3.8, 4) is 0 Å². The molecule has 1 unspecified atom stereocenters. The molecule has 8 heteroatoms. The quantitative estimate of drug-likeness (QED) is 0.827. The van der Waals surface area contributed by atoms with Gasteiger partial charge in [0.05, 0.1) is 12.7 Å². The Hall–Kier alpha value is -2.12. The van der Waals surface area contributed by atoms with Gasteiger partial charge in [0, 0.05) is 19.3 Å². The molecule has 2 heterocycles. The van der Waals surface area contributed by atoms with Crippen LogP contribution in [0.4, 0.5) is 4.79 Å². The van der Waals surface area contributed by atoms with Crippen LogP contribution >= 0.6 is 0 Å². The molecule has 0 spiro atoms. The molecule has 0 aromatic carbocycles. The van der Waals surface area contributed by atoms with Gasteiger partial charge in [-0.05, 0) is 26.2 Å². The standard InChI is InChI=1S/C12H19N5O3/c1-12(10(18)19)4-2-3-7-17(12)11(20)13-5-8-16-9-6-14-15-16/h6,9H,2-5,7-8H2,1H3,(H,13,20)(H,18,19). The zero-order valence-corrected chi connectivity index (χ0v) is 11.4. The highest BCUT2D eigenvalue weighted by molar-refractivity contribution is 5.86. The fourth-order valence-corrected chi connectivity index (χ4v) is 2.39. The lowest BCUT2D eigenvalue weighted by Crippen LogP contribution is -2.60. The topological polar surface area (TPSA) is 100 Å². The van der Waals surface area contributed by atoms with Gasteiger partial charge < -0.3 is 15.3 Å². The maximum atomic E-state index is 12.2. The Bertz CT molecular complexity index is 475. The van der Waals surface area contributed by atoms with Crippen molar-refractivity contribution in [1.82, 2.24) is 25.2 Å². The van der Waals surface area contributed by atoms with E-state index >= 15 is 0 Å². The summed E-state index contributed by atoms with van der Waals surface area (Å²) in [6.07, 6.45) is 5.41.